The zero-order valence-corrected chi connectivity index (χ0v) is 17.7. The van der Waals surface area contributed by atoms with Gasteiger partial charge in [0.15, 0.2) is 0 Å². The van der Waals surface area contributed by atoms with E-state index in [9.17, 15) is 13.6 Å². The van der Waals surface area contributed by atoms with Crippen LogP contribution in [0.5, 0.6) is 0 Å². The molecular formula is C21H21ClF2N4OS. The summed E-state index contributed by atoms with van der Waals surface area (Å²) in [5.74, 6) is -1.50. The summed E-state index contributed by atoms with van der Waals surface area (Å²) >= 11 is 7.77. The molecule has 4 rings (SSSR count). The van der Waals surface area contributed by atoms with E-state index >= 15 is 0 Å². The van der Waals surface area contributed by atoms with Crippen molar-refractivity contribution >= 4 is 28.8 Å². The molecule has 1 aromatic carbocycles. The highest BCUT2D eigenvalue weighted by atomic mass is 35.5. The molecule has 3 N–H and O–H groups in total. The Hall–Kier alpha value is -2.29. The number of hydrogen-bond acceptors (Lipinski definition) is 4. The van der Waals surface area contributed by atoms with Crippen molar-refractivity contribution in [2.75, 3.05) is 6.54 Å². The fourth-order valence-electron chi connectivity index (χ4n) is 3.75. The number of nitrogens with two attached hydrogens (primary N) is 1. The standard InChI is InChI=1S/C21H21ClF2N4OS/c22-16-11-26-28-7-1-2-18-15(20(16)28)10-19(30-18)21(29)27-14(5-6-25)8-12-3-4-13(23)9-17(12)24/h3-4,9-11,14H,1-2,5-8,25H2,(H,27,29)/t14-/m1/s1. The predicted molar refractivity (Wildman–Crippen MR) is 114 cm³/mol. The number of nitrogens with one attached hydrogen (secondary N) is 1. The molecule has 1 aliphatic heterocycles. The highest BCUT2D eigenvalue weighted by Crippen LogP contribution is 2.38. The Balaban J connectivity index is 1.55. The van der Waals surface area contributed by atoms with Crippen LogP contribution in [0.25, 0.3) is 11.3 Å². The number of aryl methyl sites for hydroxylation is 2. The zero-order valence-electron chi connectivity index (χ0n) is 16.1. The van der Waals surface area contributed by atoms with Crippen molar-refractivity contribution in [3.05, 3.63) is 62.4 Å². The molecule has 1 atom stereocenters. The predicted octanol–water partition coefficient (Wildman–Crippen LogP) is 4.18. The minimum atomic E-state index is -0.631. The van der Waals surface area contributed by atoms with Crippen molar-refractivity contribution in [2.24, 2.45) is 5.73 Å². The first-order valence-corrected chi connectivity index (χ1v) is 10.9. The fourth-order valence-corrected chi connectivity index (χ4v) is 5.10. The molecule has 0 saturated heterocycles. The highest BCUT2D eigenvalue weighted by molar-refractivity contribution is 7.14. The number of amides is 1. The van der Waals surface area contributed by atoms with E-state index in [2.05, 4.69) is 10.4 Å². The lowest BCUT2D eigenvalue weighted by molar-refractivity contribution is 0.0939. The van der Waals surface area contributed by atoms with Crippen LogP contribution in [0.3, 0.4) is 0 Å². The minimum absolute atomic E-state index is 0.235. The average molecular weight is 451 g/mol. The summed E-state index contributed by atoms with van der Waals surface area (Å²) in [6.45, 7) is 1.12. The molecule has 5 nitrogen and oxygen atoms in total. The van der Waals surface area contributed by atoms with Crippen LogP contribution in [0.2, 0.25) is 5.02 Å². The van der Waals surface area contributed by atoms with Gasteiger partial charge in [0.25, 0.3) is 5.91 Å². The van der Waals surface area contributed by atoms with E-state index in [1.165, 1.54) is 23.5 Å². The maximum atomic E-state index is 14.1. The van der Waals surface area contributed by atoms with Crippen molar-refractivity contribution in [3.63, 3.8) is 0 Å². The van der Waals surface area contributed by atoms with E-state index in [0.29, 0.717) is 28.4 Å². The van der Waals surface area contributed by atoms with Gasteiger partial charge in [0, 0.05) is 29.1 Å². The summed E-state index contributed by atoms with van der Waals surface area (Å²) in [6, 6.07) is 4.94. The summed E-state index contributed by atoms with van der Waals surface area (Å²) in [6.07, 6.45) is 4.10. The van der Waals surface area contributed by atoms with Crippen LogP contribution in [0, 0.1) is 11.6 Å². The quantitative estimate of drug-likeness (QED) is 0.591. The summed E-state index contributed by atoms with van der Waals surface area (Å²) in [5, 5.41) is 7.84. The van der Waals surface area contributed by atoms with E-state index in [1.807, 2.05) is 10.7 Å². The zero-order chi connectivity index (χ0) is 21.3. The lowest BCUT2D eigenvalue weighted by atomic mass is 10.0. The molecule has 0 saturated carbocycles. The smallest absolute Gasteiger partial charge is 0.261 e. The Morgan fingerprint density at radius 2 is 2.20 bits per heavy atom. The molecule has 158 valence electrons. The van der Waals surface area contributed by atoms with E-state index in [-0.39, 0.29) is 18.4 Å². The van der Waals surface area contributed by atoms with Gasteiger partial charge in [-0.3, -0.25) is 9.48 Å². The largest absolute Gasteiger partial charge is 0.348 e. The normalized spacial score (nSPS) is 14.0. The number of aromatic nitrogens is 2. The second-order valence-electron chi connectivity index (χ2n) is 7.30. The van der Waals surface area contributed by atoms with E-state index in [4.69, 9.17) is 17.3 Å². The minimum Gasteiger partial charge on any atom is -0.348 e. The van der Waals surface area contributed by atoms with Crippen molar-refractivity contribution in [2.45, 2.75) is 38.3 Å². The third-order valence-corrected chi connectivity index (χ3v) is 6.66. The maximum Gasteiger partial charge on any atom is 0.261 e. The van der Waals surface area contributed by atoms with Gasteiger partial charge >= 0.3 is 0 Å². The van der Waals surface area contributed by atoms with Gasteiger partial charge in [-0.1, -0.05) is 17.7 Å². The first-order chi connectivity index (χ1) is 14.5. The van der Waals surface area contributed by atoms with Gasteiger partial charge in [-0.2, -0.15) is 5.10 Å². The molecule has 3 heterocycles. The third-order valence-electron chi connectivity index (χ3n) is 5.19. The Bertz CT molecular complexity index is 1080. The van der Waals surface area contributed by atoms with Gasteiger partial charge in [-0.25, -0.2) is 8.78 Å². The Labute approximate surface area is 181 Å². The van der Waals surface area contributed by atoms with Crippen LogP contribution in [0.4, 0.5) is 8.78 Å². The van der Waals surface area contributed by atoms with Gasteiger partial charge in [0.2, 0.25) is 0 Å². The van der Waals surface area contributed by atoms with Gasteiger partial charge in [-0.05, 0) is 49.9 Å². The Morgan fingerprint density at radius 3 is 2.97 bits per heavy atom. The van der Waals surface area contributed by atoms with Crippen LogP contribution in [0.15, 0.2) is 30.5 Å². The third kappa shape index (κ3) is 4.26. The topological polar surface area (TPSA) is 72.9 Å². The molecule has 9 heteroatoms. The molecule has 0 radical (unpaired) electrons. The maximum absolute atomic E-state index is 14.1. The summed E-state index contributed by atoms with van der Waals surface area (Å²) in [7, 11) is 0. The summed E-state index contributed by atoms with van der Waals surface area (Å²) < 4.78 is 29.1. The van der Waals surface area contributed by atoms with Crippen molar-refractivity contribution < 1.29 is 13.6 Å². The van der Waals surface area contributed by atoms with Crippen molar-refractivity contribution in [3.8, 4) is 11.3 Å². The van der Waals surface area contributed by atoms with Crippen molar-refractivity contribution in [1.29, 1.82) is 0 Å². The average Bonchev–Trinajstić information content (AvgIpc) is 3.23. The number of carbonyl (C=O) groups excluding carboxylic acids is 1. The molecule has 30 heavy (non-hydrogen) atoms. The van der Waals surface area contributed by atoms with Crippen LogP contribution >= 0.6 is 22.9 Å². The number of carbonyl (C=O) groups is 1. The second-order valence-corrected chi connectivity index (χ2v) is 8.85. The number of benzene rings is 1. The van der Waals surface area contributed by atoms with E-state index in [0.717, 1.165) is 41.6 Å². The Kier molecular flexibility index (Phi) is 6.17. The van der Waals surface area contributed by atoms with Crippen LogP contribution in [-0.4, -0.2) is 28.3 Å². The number of halogens is 3. The van der Waals surface area contributed by atoms with Gasteiger partial charge in [0.05, 0.1) is 21.8 Å². The molecule has 1 amide bonds. The Morgan fingerprint density at radius 1 is 1.37 bits per heavy atom. The van der Waals surface area contributed by atoms with E-state index < -0.39 is 11.6 Å². The molecular weight excluding hydrogens is 430 g/mol. The lowest BCUT2D eigenvalue weighted by Crippen LogP contribution is -2.37. The number of nitrogens with zero attached hydrogens (tertiary/aromatic N) is 2. The molecule has 0 bridgehead atoms. The molecule has 0 unspecified atom stereocenters. The van der Waals surface area contributed by atoms with Crippen LogP contribution < -0.4 is 11.1 Å². The fraction of sp³-hybridized carbons (Fsp3) is 0.333. The number of hydrogen-bond donors (Lipinski definition) is 2. The molecule has 1 aliphatic rings. The molecule has 0 spiro atoms. The summed E-state index contributed by atoms with van der Waals surface area (Å²) in [5.41, 5.74) is 7.80. The summed E-state index contributed by atoms with van der Waals surface area (Å²) in [4.78, 5) is 14.6. The first-order valence-electron chi connectivity index (χ1n) is 9.75. The monoisotopic (exact) mass is 450 g/mol. The lowest BCUT2D eigenvalue weighted by Gasteiger charge is -2.18. The van der Waals surface area contributed by atoms with Gasteiger partial charge in [-0.15, -0.1) is 11.3 Å². The molecule has 2 aromatic heterocycles. The number of rotatable bonds is 6. The highest BCUT2D eigenvalue weighted by Gasteiger charge is 2.24. The van der Waals surface area contributed by atoms with Gasteiger partial charge < -0.3 is 11.1 Å². The van der Waals surface area contributed by atoms with E-state index in [1.54, 1.807) is 6.20 Å². The first kappa shape index (κ1) is 21.0. The van der Waals surface area contributed by atoms with Crippen LogP contribution in [0.1, 0.15) is 33.0 Å². The van der Waals surface area contributed by atoms with Gasteiger partial charge in [0.1, 0.15) is 11.6 Å². The number of fused-ring (bicyclic) bond motifs is 3. The van der Waals surface area contributed by atoms with Crippen molar-refractivity contribution in [1.82, 2.24) is 15.1 Å². The number of thiophene rings is 1. The SMILES string of the molecule is NCC[C@H](Cc1ccc(F)cc1F)NC(=O)c1cc2c(s1)CCCn1ncc(Cl)c1-2. The second kappa shape index (κ2) is 8.83. The molecule has 0 aliphatic carbocycles. The molecule has 0 fully saturated rings. The molecule has 3 aromatic rings. The van der Waals surface area contributed by atoms with Crippen LogP contribution in [-0.2, 0) is 19.4 Å².